The highest BCUT2D eigenvalue weighted by molar-refractivity contribution is 5.39. The minimum absolute atomic E-state index is 0.104. The number of halogens is 1. The molecule has 1 aromatic carbocycles. The van der Waals surface area contributed by atoms with Crippen molar-refractivity contribution in [1.29, 1.82) is 0 Å². The standard InChI is InChI=1S/C16H22FNO/c1-11-3-2-7-16(8-6-11)10-14(18)13-9-12(17)4-5-15(13)19-16/h4-5,9,11,14H,2-3,6-8,10,18H2,1H3/t11?,14-,16?/m0/s1. The molecule has 1 heterocycles. The number of ether oxygens (including phenoxy) is 1. The van der Waals surface area contributed by atoms with Gasteiger partial charge in [0, 0.05) is 18.0 Å². The quantitative estimate of drug-likeness (QED) is 0.769. The molecule has 19 heavy (non-hydrogen) atoms. The van der Waals surface area contributed by atoms with Gasteiger partial charge in [0.1, 0.15) is 17.2 Å². The van der Waals surface area contributed by atoms with Crippen molar-refractivity contribution < 1.29 is 9.13 Å². The van der Waals surface area contributed by atoms with Crippen molar-refractivity contribution in [3.8, 4) is 5.75 Å². The highest BCUT2D eigenvalue weighted by Gasteiger charge is 2.40. The van der Waals surface area contributed by atoms with Crippen LogP contribution in [0.5, 0.6) is 5.75 Å². The first-order valence-electron chi connectivity index (χ1n) is 7.32. The first-order valence-corrected chi connectivity index (χ1v) is 7.32. The molecule has 3 heteroatoms. The van der Waals surface area contributed by atoms with E-state index in [9.17, 15) is 4.39 Å². The van der Waals surface area contributed by atoms with Gasteiger partial charge in [0.05, 0.1) is 0 Å². The summed E-state index contributed by atoms with van der Waals surface area (Å²) < 4.78 is 19.6. The van der Waals surface area contributed by atoms with Crippen LogP contribution in [0, 0.1) is 11.7 Å². The molecule has 2 nitrogen and oxygen atoms in total. The lowest BCUT2D eigenvalue weighted by Gasteiger charge is -2.41. The minimum atomic E-state index is -0.233. The van der Waals surface area contributed by atoms with E-state index in [1.54, 1.807) is 6.07 Å². The molecule has 2 aliphatic rings. The number of rotatable bonds is 0. The van der Waals surface area contributed by atoms with Crippen LogP contribution in [-0.4, -0.2) is 5.60 Å². The average Bonchev–Trinajstić information content (AvgIpc) is 2.54. The molecule has 104 valence electrons. The van der Waals surface area contributed by atoms with Crippen molar-refractivity contribution in [2.24, 2.45) is 11.7 Å². The first-order chi connectivity index (χ1) is 9.08. The van der Waals surface area contributed by atoms with Crippen LogP contribution in [-0.2, 0) is 0 Å². The second kappa shape index (κ2) is 4.78. The molecule has 1 fully saturated rings. The lowest BCUT2D eigenvalue weighted by Crippen LogP contribution is -2.42. The van der Waals surface area contributed by atoms with Gasteiger partial charge in [-0.2, -0.15) is 0 Å². The van der Waals surface area contributed by atoms with Crippen LogP contribution in [0.25, 0.3) is 0 Å². The summed E-state index contributed by atoms with van der Waals surface area (Å²) >= 11 is 0. The van der Waals surface area contributed by atoms with Crippen LogP contribution < -0.4 is 10.5 Å². The Kier molecular flexibility index (Phi) is 3.25. The Morgan fingerprint density at radius 1 is 1.32 bits per heavy atom. The molecular weight excluding hydrogens is 241 g/mol. The Hall–Kier alpha value is -1.09. The summed E-state index contributed by atoms with van der Waals surface area (Å²) in [5.41, 5.74) is 6.97. The monoisotopic (exact) mass is 263 g/mol. The van der Waals surface area contributed by atoms with Crippen molar-refractivity contribution >= 4 is 0 Å². The first kappa shape index (κ1) is 12.9. The minimum Gasteiger partial charge on any atom is -0.487 e. The number of nitrogens with two attached hydrogens (primary N) is 1. The molecule has 3 atom stereocenters. The second-order valence-electron chi connectivity index (χ2n) is 6.31. The summed E-state index contributed by atoms with van der Waals surface area (Å²) in [7, 11) is 0. The zero-order valence-electron chi connectivity index (χ0n) is 11.5. The van der Waals surface area contributed by atoms with Crippen LogP contribution in [0.3, 0.4) is 0 Å². The number of benzene rings is 1. The third-order valence-corrected chi connectivity index (χ3v) is 4.71. The third kappa shape index (κ3) is 2.48. The second-order valence-corrected chi connectivity index (χ2v) is 6.31. The van der Waals surface area contributed by atoms with E-state index < -0.39 is 0 Å². The predicted molar refractivity (Wildman–Crippen MR) is 73.6 cm³/mol. The van der Waals surface area contributed by atoms with Gasteiger partial charge in [0.2, 0.25) is 0 Å². The van der Waals surface area contributed by atoms with Gasteiger partial charge >= 0.3 is 0 Å². The summed E-state index contributed by atoms with van der Waals surface area (Å²) in [6.07, 6.45) is 6.63. The fourth-order valence-electron chi connectivity index (χ4n) is 3.55. The van der Waals surface area contributed by atoms with Crippen LogP contribution in [0.15, 0.2) is 18.2 Å². The van der Waals surface area contributed by atoms with Crippen molar-refractivity contribution in [3.05, 3.63) is 29.6 Å². The van der Waals surface area contributed by atoms with E-state index >= 15 is 0 Å². The van der Waals surface area contributed by atoms with E-state index in [0.717, 1.165) is 36.5 Å². The normalized spacial score (nSPS) is 34.5. The number of hydrogen-bond donors (Lipinski definition) is 1. The molecule has 0 bridgehead atoms. The average molecular weight is 263 g/mol. The Morgan fingerprint density at radius 3 is 3.00 bits per heavy atom. The lowest BCUT2D eigenvalue weighted by atomic mass is 9.82. The fraction of sp³-hybridized carbons (Fsp3) is 0.625. The van der Waals surface area contributed by atoms with E-state index in [1.165, 1.54) is 31.4 Å². The summed E-state index contributed by atoms with van der Waals surface area (Å²) in [6.45, 7) is 2.31. The van der Waals surface area contributed by atoms with Gasteiger partial charge in [-0.1, -0.05) is 13.3 Å². The lowest BCUT2D eigenvalue weighted by molar-refractivity contribution is 0.0203. The zero-order chi connectivity index (χ0) is 13.5. The molecule has 0 radical (unpaired) electrons. The van der Waals surface area contributed by atoms with E-state index in [4.69, 9.17) is 10.5 Å². The highest BCUT2D eigenvalue weighted by Crippen LogP contribution is 2.45. The molecule has 3 rings (SSSR count). The maximum Gasteiger partial charge on any atom is 0.125 e. The highest BCUT2D eigenvalue weighted by atomic mass is 19.1. The van der Waals surface area contributed by atoms with Gasteiger partial charge in [-0.3, -0.25) is 0 Å². The number of hydrogen-bond acceptors (Lipinski definition) is 2. The number of fused-ring (bicyclic) bond motifs is 1. The summed E-state index contributed by atoms with van der Waals surface area (Å²) in [4.78, 5) is 0. The molecule has 1 aliphatic carbocycles. The van der Waals surface area contributed by atoms with Crippen molar-refractivity contribution in [3.63, 3.8) is 0 Å². The van der Waals surface area contributed by atoms with Crippen LogP contribution in [0.2, 0.25) is 0 Å². The van der Waals surface area contributed by atoms with Gasteiger partial charge in [-0.15, -0.1) is 0 Å². The molecule has 1 spiro atoms. The maximum absolute atomic E-state index is 13.3. The molecule has 2 N–H and O–H groups in total. The Morgan fingerprint density at radius 2 is 2.16 bits per heavy atom. The predicted octanol–water partition coefficient (Wildman–Crippen LogP) is 3.95. The smallest absolute Gasteiger partial charge is 0.125 e. The Labute approximate surface area is 114 Å². The van der Waals surface area contributed by atoms with Gasteiger partial charge in [-0.25, -0.2) is 4.39 Å². The topological polar surface area (TPSA) is 35.2 Å². The van der Waals surface area contributed by atoms with Crippen LogP contribution in [0.4, 0.5) is 4.39 Å². The van der Waals surface area contributed by atoms with Gasteiger partial charge in [-0.05, 0) is 49.8 Å². The summed E-state index contributed by atoms with van der Waals surface area (Å²) in [5.74, 6) is 1.33. The molecule has 1 aromatic rings. The summed E-state index contributed by atoms with van der Waals surface area (Å²) in [5, 5.41) is 0. The largest absolute Gasteiger partial charge is 0.487 e. The van der Waals surface area contributed by atoms with E-state index in [2.05, 4.69) is 6.92 Å². The van der Waals surface area contributed by atoms with Crippen molar-refractivity contribution in [2.75, 3.05) is 0 Å². The van der Waals surface area contributed by atoms with E-state index in [1.807, 2.05) is 0 Å². The van der Waals surface area contributed by atoms with Crippen molar-refractivity contribution in [2.45, 2.75) is 57.1 Å². The fourth-order valence-corrected chi connectivity index (χ4v) is 3.55. The van der Waals surface area contributed by atoms with Crippen molar-refractivity contribution in [1.82, 2.24) is 0 Å². The van der Waals surface area contributed by atoms with Gasteiger partial charge in [0.25, 0.3) is 0 Å². The van der Waals surface area contributed by atoms with Crippen LogP contribution in [0.1, 0.15) is 57.1 Å². The molecule has 1 aliphatic heterocycles. The zero-order valence-corrected chi connectivity index (χ0v) is 11.5. The Bertz CT molecular complexity index is 476. The SMILES string of the molecule is CC1CCCC2(CC1)C[C@H](N)c1cc(F)ccc1O2. The molecule has 1 saturated carbocycles. The Balaban J connectivity index is 1.89. The molecular formula is C16H22FNO. The maximum atomic E-state index is 13.3. The summed E-state index contributed by atoms with van der Waals surface area (Å²) in [6, 6.07) is 4.61. The van der Waals surface area contributed by atoms with Crippen LogP contribution >= 0.6 is 0 Å². The molecule has 0 saturated heterocycles. The third-order valence-electron chi connectivity index (χ3n) is 4.71. The van der Waals surface area contributed by atoms with Gasteiger partial charge in [0.15, 0.2) is 0 Å². The molecule has 2 unspecified atom stereocenters. The van der Waals surface area contributed by atoms with E-state index in [0.29, 0.717) is 0 Å². The van der Waals surface area contributed by atoms with Gasteiger partial charge < -0.3 is 10.5 Å². The molecule has 0 aromatic heterocycles. The van der Waals surface area contributed by atoms with E-state index in [-0.39, 0.29) is 17.5 Å². The molecule has 0 amide bonds.